The highest BCUT2D eigenvalue weighted by Crippen LogP contribution is 2.39. The van der Waals surface area contributed by atoms with Gasteiger partial charge in [-0.25, -0.2) is 0 Å². The first kappa shape index (κ1) is 25.5. The van der Waals surface area contributed by atoms with Gasteiger partial charge in [-0.05, 0) is 51.5 Å². The van der Waals surface area contributed by atoms with Gasteiger partial charge in [0.1, 0.15) is 5.78 Å². The van der Waals surface area contributed by atoms with Crippen LogP contribution in [0.1, 0.15) is 50.7 Å². The molecule has 0 aromatic heterocycles. The van der Waals surface area contributed by atoms with Crippen molar-refractivity contribution >= 4 is 11.8 Å². The molecule has 0 saturated carbocycles. The number of benzene rings is 2. The van der Waals surface area contributed by atoms with Crippen LogP contribution in [0.5, 0.6) is 0 Å². The smallest absolute Gasteiger partial charge is 0.303 e. The van der Waals surface area contributed by atoms with Crippen molar-refractivity contribution in [1.82, 2.24) is 4.90 Å². The second-order valence-corrected chi connectivity index (χ2v) is 7.72. The van der Waals surface area contributed by atoms with Crippen molar-refractivity contribution in [1.29, 1.82) is 0 Å². The van der Waals surface area contributed by atoms with E-state index in [-0.39, 0.29) is 12.2 Å². The molecule has 5 nitrogen and oxygen atoms in total. The number of carboxylic acid groups (broad SMARTS) is 1. The number of Topliss-reactive ketones (excluding diaryl/α,β-unsaturated/α-hetero) is 1. The van der Waals surface area contributed by atoms with Gasteiger partial charge < -0.3 is 15.7 Å². The van der Waals surface area contributed by atoms with Crippen LogP contribution in [-0.4, -0.2) is 48.4 Å². The predicted molar refractivity (Wildman–Crippen MR) is 123 cm³/mol. The number of nitrogens with zero attached hydrogens (tertiary/aromatic N) is 1. The molecule has 2 rings (SSSR count). The van der Waals surface area contributed by atoms with Crippen LogP contribution in [0.25, 0.3) is 0 Å². The van der Waals surface area contributed by atoms with E-state index in [1.165, 1.54) is 0 Å². The minimum atomic E-state index is -0.773. The van der Waals surface area contributed by atoms with Gasteiger partial charge in [0, 0.05) is 18.9 Å². The van der Waals surface area contributed by atoms with Gasteiger partial charge in [-0.1, -0.05) is 67.6 Å². The van der Waals surface area contributed by atoms with Crippen molar-refractivity contribution in [3.63, 3.8) is 0 Å². The number of rotatable bonds is 10. The molecule has 0 fully saturated rings. The zero-order valence-corrected chi connectivity index (χ0v) is 18.7. The van der Waals surface area contributed by atoms with E-state index >= 15 is 0 Å². The standard InChI is InChI=1S/C21H27NO.C4H9NO2/c1-5-20(23)21(16-17(2)22(3)4,18-12-8-6-9-13-18)19-14-10-7-11-15-19;5-3-1-2-4(6)7/h6-15,17H,5,16H2,1-4H3;1-3,5H2,(H,6,7). The minimum Gasteiger partial charge on any atom is -0.481 e. The molecule has 1 atom stereocenters. The van der Waals surface area contributed by atoms with Crippen LogP contribution in [0.3, 0.4) is 0 Å². The largest absolute Gasteiger partial charge is 0.481 e. The van der Waals surface area contributed by atoms with Gasteiger partial charge in [-0.3, -0.25) is 9.59 Å². The van der Waals surface area contributed by atoms with Crippen LogP contribution in [0, 0.1) is 0 Å². The van der Waals surface area contributed by atoms with E-state index in [0.29, 0.717) is 25.4 Å². The van der Waals surface area contributed by atoms with Gasteiger partial charge in [0.05, 0.1) is 5.41 Å². The molecular weight excluding hydrogens is 376 g/mol. The van der Waals surface area contributed by atoms with Crippen LogP contribution in [0.15, 0.2) is 60.7 Å². The third-order valence-corrected chi connectivity index (χ3v) is 5.41. The summed E-state index contributed by atoms with van der Waals surface area (Å²) in [5.41, 5.74) is 6.61. The van der Waals surface area contributed by atoms with E-state index in [2.05, 4.69) is 50.2 Å². The maximum absolute atomic E-state index is 13.2. The van der Waals surface area contributed by atoms with Gasteiger partial charge in [0.2, 0.25) is 0 Å². The second kappa shape index (κ2) is 12.9. The molecule has 164 valence electrons. The molecule has 0 amide bonds. The van der Waals surface area contributed by atoms with Crippen LogP contribution in [-0.2, 0) is 15.0 Å². The Morgan fingerprint density at radius 3 is 1.77 bits per heavy atom. The molecule has 0 aliphatic carbocycles. The van der Waals surface area contributed by atoms with Crippen molar-refractivity contribution in [3.05, 3.63) is 71.8 Å². The molecule has 0 aliphatic heterocycles. The first-order valence-corrected chi connectivity index (χ1v) is 10.5. The molecule has 0 aliphatic rings. The molecule has 0 spiro atoms. The molecule has 0 bridgehead atoms. The molecule has 0 saturated heterocycles. The summed E-state index contributed by atoms with van der Waals surface area (Å²) in [6, 6.07) is 20.7. The molecule has 0 radical (unpaired) electrons. The maximum Gasteiger partial charge on any atom is 0.303 e. The normalized spacial score (nSPS) is 12.1. The highest BCUT2D eigenvalue weighted by atomic mass is 16.4. The number of carbonyl (C=O) groups is 2. The summed E-state index contributed by atoms with van der Waals surface area (Å²) in [5.74, 6) is -0.492. The van der Waals surface area contributed by atoms with E-state index in [9.17, 15) is 9.59 Å². The summed E-state index contributed by atoms with van der Waals surface area (Å²) in [6.07, 6.45) is 2.08. The SMILES string of the molecule is CCC(=O)C(CC(C)N(C)C)(c1ccccc1)c1ccccc1.NCCCC(=O)O. The van der Waals surface area contributed by atoms with Gasteiger partial charge in [0.25, 0.3) is 0 Å². The number of ketones is 1. The number of hydrogen-bond donors (Lipinski definition) is 2. The summed E-state index contributed by atoms with van der Waals surface area (Å²) in [4.78, 5) is 25.1. The van der Waals surface area contributed by atoms with Crippen LogP contribution in [0.4, 0.5) is 0 Å². The van der Waals surface area contributed by atoms with Crippen molar-refractivity contribution in [2.75, 3.05) is 20.6 Å². The maximum atomic E-state index is 13.2. The van der Waals surface area contributed by atoms with Crippen LogP contribution < -0.4 is 5.73 Å². The Bertz CT molecular complexity index is 721. The summed E-state index contributed by atoms with van der Waals surface area (Å²) in [7, 11) is 4.14. The molecule has 2 aromatic carbocycles. The number of aliphatic carboxylic acids is 1. The molecule has 30 heavy (non-hydrogen) atoms. The number of carboxylic acids is 1. The van der Waals surface area contributed by atoms with Gasteiger partial charge in [-0.15, -0.1) is 0 Å². The fourth-order valence-corrected chi connectivity index (χ4v) is 3.46. The summed E-state index contributed by atoms with van der Waals surface area (Å²) in [5, 5.41) is 7.99. The van der Waals surface area contributed by atoms with Crippen LogP contribution in [0.2, 0.25) is 0 Å². The van der Waals surface area contributed by atoms with E-state index < -0.39 is 11.4 Å². The minimum absolute atomic E-state index is 0.191. The average molecular weight is 413 g/mol. The first-order valence-electron chi connectivity index (χ1n) is 10.5. The average Bonchev–Trinajstić information content (AvgIpc) is 2.76. The monoisotopic (exact) mass is 412 g/mol. The van der Waals surface area contributed by atoms with Crippen LogP contribution >= 0.6 is 0 Å². The number of nitrogens with two attached hydrogens (primary N) is 1. The van der Waals surface area contributed by atoms with Crippen molar-refractivity contribution in [3.8, 4) is 0 Å². The second-order valence-electron chi connectivity index (χ2n) is 7.72. The van der Waals surface area contributed by atoms with Gasteiger partial charge >= 0.3 is 5.97 Å². The lowest BCUT2D eigenvalue weighted by atomic mass is 9.67. The lowest BCUT2D eigenvalue weighted by Gasteiger charge is -2.37. The Morgan fingerprint density at radius 1 is 1.00 bits per heavy atom. The van der Waals surface area contributed by atoms with E-state index in [4.69, 9.17) is 10.8 Å². The summed E-state index contributed by atoms with van der Waals surface area (Å²) < 4.78 is 0. The zero-order valence-electron chi connectivity index (χ0n) is 18.7. The lowest BCUT2D eigenvalue weighted by molar-refractivity contribution is -0.137. The molecular formula is C25H36N2O3. The Kier molecular flexibility index (Phi) is 11.0. The third kappa shape index (κ3) is 7.08. The zero-order chi connectivity index (χ0) is 22.6. The quantitative estimate of drug-likeness (QED) is 0.614. The van der Waals surface area contributed by atoms with E-state index in [1.807, 2.05) is 43.3 Å². The topological polar surface area (TPSA) is 83.6 Å². The third-order valence-electron chi connectivity index (χ3n) is 5.41. The molecule has 5 heteroatoms. The first-order chi connectivity index (χ1) is 14.3. The Hall–Kier alpha value is -2.50. The summed E-state index contributed by atoms with van der Waals surface area (Å²) in [6.45, 7) is 4.61. The molecule has 2 aromatic rings. The van der Waals surface area contributed by atoms with Gasteiger partial charge in [-0.2, -0.15) is 0 Å². The molecule has 1 unspecified atom stereocenters. The predicted octanol–water partition coefficient (Wildman–Crippen LogP) is 4.10. The number of carbonyl (C=O) groups excluding carboxylic acids is 1. The Balaban J connectivity index is 0.000000553. The Morgan fingerprint density at radius 2 is 1.47 bits per heavy atom. The Labute approximate surface area is 180 Å². The fourth-order valence-electron chi connectivity index (χ4n) is 3.46. The van der Waals surface area contributed by atoms with Gasteiger partial charge in [0.15, 0.2) is 0 Å². The highest BCUT2D eigenvalue weighted by Gasteiger charge is 2.41. The number of hydrogen-bond acceptors (Lipinski definition) is 4. The lowest BCUT2D eigenvalue weighted by Crippen LogP contribution is -2.42. The van der Waals surface area contributed by atoms with Crippen molar-refractivity contribution in [2.45, 2.75) is 51.0 Å². The summed E-state index contributed by atoms with van der Waals surface area (Å²) >= 11 is 0. The van der Waals surface area contributed by atoms with E-state index in [0.717, 1.165) is 17.5 Å². The van der Waals surface area contributed by atoms with Crippen molar-refractivity contribution in [2.24, 2.45) is 5.73 Å². The fraction of sp³-hybridized carbons (Fsp3) is 0.440. The molecule has 3 N–H and O–H groups in total. The van der Waals surface area contributed by atoms with E-state index in [1.54, 1.807) is 0 Å². The highest BCUT2D eigenvalue weighted by molar-refractivity contribution is 5.93. The molecule has 0 heterocycles. The van der Waals surface area contributed by atoms with Crippen molar-refractivity contribution < 1.29 is 14.7 Å².